The number of aliphatic hydroxyl groups is 1. The van der Waals surface area contributed by atoms with Crippen molar-refractivity contribution in [2.45, 2.75) is 13.0 Å². The van der Waals surface area contributed by atoms with Crippen LogP contribution in [0.15, 0.2) is 41.0 Å². The van der Waals surface area contributed by atoms with Crippen LogP contribution in [0.3, 0.4) is 0 Å². The van der Waals surface area contributed by atoms with Crippen molar-refractivity contribution in [2.75, 3.05) is 6.54 Å². The normalized spacial score (nSPS) is 12.5. The molecule has 6 heteroatoms. The quantitative estimate of drug-likeness (QED) is 0.693. The van der Waals surface area contributed by atoms with E-state index in [2.05, 4.69) is 10.3 Å². The molecule has 1 aromatic carbocycles. The van der Waals surface area contributed by atoms with Gasteiger partial charge in [-0.3, -0.25) is 4.79 Å². The van der Waals surface area contributed by atoms with Crippen LogP contribution >= 0.6 is 0 Å². The molecule has 0 aliphatic rings. The lowest BCUT2D eigenvalue weighted by molar-refractivity contribution is 0.0897. The van der Waals surface area contributed by atoms with E-state index in [4.69, 9.17) is 4.42 Å². The largest absolute Gasteiger partial charge is 0.467 e. The molecule has 0 unspecified atom stereocenters. The van der Waals surface area contributed by atoms with Gasteiger partial charge in [0.15, 0.2) is 0 Å². The second-order valence-corrected chi connectivity index (χ2v) is 5.11. The fourth-order valence-corrected chi connectivity index (χ4v) is 2.36. The summed E-state index contributed by atoms with van der Waals surface area (Å²) in [5.74, 6) is -0.344. The maximum atomic E-state index is 13.4. The van der Waals surface area contributed by atoms with Crippen LogP contribution in [0.2, 0.25) is 0 Å². The van der Waals surface area contributed by atoms with Crippen molar-refractivity contribution < 1.29 is 18.7 Å². The maximum Gasteiger partial charge on any atom is 0.267 e. The number of aromatic nitrogens is 1. The molecular weight excluding hydrogens is 287 g/mol. The second-order valence-electron chi connectivity index (χ2n) is 5.11. The number of carbonyl (C=O) groups is 1. The molecule has 114 valence electrons. The van der Waals surface area contributed by atoms with Crippen molar-refractivity contribution >= 4 is 16.8 Å². The van der Waals surface area contributed by atoms with Crippen LogP contribution in [0.1, 0.15) is 27.9 Å². The summed E-state index contributed by atoms with van der Waals surface area (Å²) in [5, 5.41) is 13.3. The van der Waals surface area contributed by atoms with E-state index in [1.54, 1.807) is 25.1 Å². The first-order chi connectivity index (χ1) is 10.5. The molecule has 1 atom stereocenters. The molecule has 0 spiro atoms. The number of halogens is 1. The van der Waals surface area contributed by atoms with E-state index in [0.29, 0.717) is 17.0 Å². The Morgan fingerprint density at radius 1 is 1.45 bits per heavy atom. The number of carbonyl (C=O) groups excluding carboxylic acids is 1. The highest BCUT2D eigenvalue weighted by molar-refractivity contribution is 5.98. The maximum absolute atomic E-state index is 13.4. The third kappa shape index (κ3) is 2.73. The minimum absolute atomic E-state index is 0.0229. The summed E-state index contributed by atoms with van der Waals surface area (Å²) in [6.45, 7) is 1.80. The minimum Gasteiger partial charge on any atom is -0.467 e. The highest BCUT2D eigenvalue weighted by Gasteiger charge is 2.15. The number of benzene rings is 1. The standard InChI is InChI=1S/C16H15FN2O3/c1-9-5-10(17)6-12-11(9)7-13(19-12)16(21)18-8-14(20)15-3-2-4-22-15/h2-7,14,19-20H,8H2,1H3,(H,18,21)/t14-/m0/s1. The Bertz CT molecular complexity index is 808. The number of furan rings is 1. The van der Waals surface area contributed by atoms with Gasteiger partial charge in [0.1, 0.15) is 23.4 Å². The molecule has 2 heterocycles. The number of nitrogens with one attached hydrogen (secondary N) is 2. The zero-order chi connectivity index (χ0) is 15.7. The number of H-pyrrole nitrogens is 1. The Kier molecular flexibility index (Phi) is 3.68. The van der Waals surface area contributed by atoms with E-state index in [9.17, 15) is 14.3 Å². The number of amides is 1. The van der Waals surface area contributed by atoms with Gasteiger partial charge in [-0.1, -0.05) is 0 Å². The van der Waals surface area contributed by atoms with Gasteiger partial charge in [0, 0.05) is 10.9 Å². The van der Waals surface area contributed by atoms with Crippen molar-refractivity contribution in [2.24, 2.45) is 0 Å². The number of fused-ring (bicyclic) bond motifs is 1. The van der Waals surface area contributed by atoms with Crippen LogP contribution in [0, 0.1) is 12.7 Å². The van der Waals surface area contributed by atoms with E-state index in [-0.39, 0.29) is 18.3 Å². The topological polar surface area (TPSA) is 78.3 Å². The molecule has 1 amide bonds. The second kappa shape index (κ2) is 5.65. The Hall–Kier alpha value is -2.60. The van der Waals surface area contributed by atoms with E-state index < -0.39 is 6.10 Å². The smallest absolute Gasteiger partial charge is 0.267 e. The minimum atomic E-state index is -0.914. The first kappa shape index (κ1) is 14.3. The molecule has 0 saturated carbocycles. The summed E-state index contributed by atoms with van der Waals surface area (Å²) < 4.78 is 18.4. The highest BCUT2D eigenvalue weighted by atomic mass is 19.1. The fraction of sp³-hybridized carbons (Fsp3) is 0.188. The molecule has 2 aromatic heterocycles. The summed E-state index contributed by atoms with van der Waals surface area (Å²) in [5.41, 5.74) is 1.63. The van der Waals surface area contributed by atoms with Gasteiger partial charge in [-0.25, -0.2) is 4.39 Å². The summed E-state index contributed by atoms with van der Waals surface area (Å²) in [4.78, 5) is 15.0. The molecule has 0 fully saturated rings. The SMILES string of the molecule is Cc1cc(F)cc2[nH]c(C(=O)NC[C@H](O)c3ccco3)cc12. The van der Waals surface area contributed by atoms with Crippen molar-refractivity contribution in [1.82, 2.24) is 10.3 Å². The van der Waals surface area contributed by atoms with Gasteiger partial charge in [0.05, 0.1) is 12.8 Å². The van der Waals surface area contributed by atoms with Crippen LogP contribution in [0.4, 0.5) is 4.39 Å². The van der Waals surface area contributed by atoms with Crippen LogP contribution in [-0.4, -0.2) is 22.5 Å². The Labute approximate surface area is 125 Å². The molecule has 5 nitrogen and oxygen atoms in total. The van der Waals surface area contributed by atoms with Crippen LogP contribution in [0.5, 0.6) is 0 Å². The molecule has 0 radical (unpaired) electrons. The molecule has 0 aliphatic heterocycles. The summed E-state index contributed by atoms with van der Waals surface area (Å²) in [6, 6.07) is 7.72. The van der Waals surface area contributed by atoms with Gasteiger partial charge < -0.3 is 19.8 Å². The van der Waals surface area contributed by atoms with Crippen molar-refractivity contribution in [1.29, 1.82) is 0 Å². The Balaban J connectivity index is 1.74. The average Bonchev–Trinajstić information content (AvgIpc) is 3.13. The summed E-state index contributed by atoms with van der Waals surface area (Å²) >= 11 is 0. The summed E-state index contributed by atoms with van der Waals surface area (Å²) in [7, 11) is 0. The van der Waals surface area contributed by atoms with Crippen LogP contribution < -0.4 is 5.32 Å². The molecular formula is C16H15FN2O3. The predicted molar refractivity (Wildman–Crippen MR) is 79.0 cm³/mol. The first-order valence-corrected chi connectivity index (χ1v) is 6.83. The average molecular weight is 302 g/mol. The van der Waals surface area contributed by atoms with Gasteiger partial charge in [0.25, 0.3) is 5.91 Å². The molecule has 0 saturated heterocycles. The van der Waals surface area contributed by atoms with E-state index in [0.717, 1.165) is 10.9 Å². The number of aromatic amines is 1. The van der Waals surface area contributed by atoms with Gasteiger partial charge in [0.2, 0.25) is 0 Å². The number of aliphatic hydroxyl groups excluding tert-OH is 1. The first-order valence-electron chi connectivity index (χ1n) is 6.83. The Morgan fingerprint density at radius 3 is 3.00 bits per heavy atom. The molecule has 22 heavy (non-hydrogen) atoms. The fourth-order valence-electron chi connectivity index (χ4n) is 2.36. The molecule has 3 aromatic rings. The number of aryl methyl sites for hydroxylation is 1. The molecule has 0 bridgehead atoms. The van der Waals surface area contributed by atoms with Gasteiger partial charge >= 0.3 is 0 Å². The van der Waals surface area contributed by atoms with Crippen molar-refractivity contribution in [3.63, 3.8) is 0 Å². The molecule has 3 N–H and O–H groups in total. The van der Waals surface area contributed by atoms with E-state index >= 15 is 0 Å². The van der Waals surface area contributed by atoms with Gasteiger partial charge in [-0.2, -0.15) is 0 Å². The number of rotatable bonds is 4. The lowest BCUT2D eigenvalue weighted by Crippen LogP contribution is -2.28. The summed E-state index contributed by atoms with van der Waals surface area (Å²) in [6.07, 6.45) is 0.539. The lowest BCUT2D eigenvalue weighted by Gasteiger charge is -2.08. The highest BCUT2D eigenvalue weighted by Crippen LogP contribution is 2.21. The number of hydrogen-bond acceptors (Lipinski definition) is 3. The van der Waals surface area contributed by atoms with Crippen molar-refractivity contribution in [3.8, 4) is 0 Å². The zero-order valence-electron chi connectivity index (χ0n) is 11.9. The van der Waals surface area contributed by atoms with Gasteiger partial charge in [-0.15, -0.1) is 0 Å². The van der Waals surface area contributed by atoms with Gasteiger partial charge in [-0.05, 0) is 42.8 Å². The predicted octanol–water partition coefficient (Wildman–Crippen LogP) is 2.67. The molecule has 0 aliphatic carbocycles. The van der Waals surface area contributed by atoms with E-state index in [1.165, 1.54) is 18.4 Å². The van der Waals surface area contributed by atoms with E-state index in [1.807, 2.05) is 0 Å². The van der Waals surface area contributed by atoms with Crippen LogP contribution in [-0.2, 0) is 0 Å². The third-order valence-corrected chi connectivity index (χ3v) is 3.48. The number of hydrogen-bond donors (Lipinski definition) is 3. The Morgan fingerprint density at radius 2 is 2.27 bits per heavy atom. The van der Waals surface area contributed by atoms with Crippen molar-refractivity contribution in [3.05, 3.63) is 59.4 Å². The molecule has 3 rings (SSSR count). The van der Waals surface area contributed by atoms with Crippen LogP contribution in [0.25, 0.3) is 10.9 Å². The zero-order valence-corrected chi connectivity index (χ0v) is 11.9. The lowest BCUT2D eigenvalue weighted by atomic mass is 10.1. The third-order valence-electron chi connectivity index (χ3n) is 3.48. The monoisotopic (exact) mass is 302 g/mol.